The summed E-state index contributed by atoms with van der Waals surface area (Å²) in [7, 11) is 0. The van der Waals surface area contributed by atoms with Crippen LogP contribution in [0.2, 0.25) is 0 Å². The molecular weight excluding hydrogens is 356 g/mol. The van der Waals surface area contributed by atoms with Gasteiger partial charge in [0, 0.05) is 27.7 Å². The molecule has 1 saturated heterocycles. The first-order valence-electron chi connectivity index (χ1n) is 7.57. The minimum atomic E-state index is -1.56. The molecule has 0 aromatic rings. The Balaban J connectivity index is 3.32. The summed E-state index contributed by atoms with van der Waals surface area (Å²) in [6.07, 6.45) is -7.84. The van der Waals surface area contributed by atoms with E-state index >= 15 is 0 Å². The first-order chi connectivity index (χ1) is 12.0. The summed E-state index contributed by atoms with van der Waals surface area (Å²) in [6, 6.07) is 0. The summed E-state index contributed by atoms with van der Waals surface area (Å²) in [6.45, 7) is 4.22. The molecule has 1 fully saturated rings. The number of carbonyl (C=O) groups is 5. The normalized spacial score (nSPS) is 27.8. The molecule has 0 aromatic heterocycles. The number of ether oxygens (including phenoxy) is 5. The van der Waals surface area contributed by atoms with E-state index in [9.17, 15) is 24.0 Å². The molecule has 146 valence electrons. The molecule has 0 aliphatic carbocycles. The molecule has 5 atom stereocenters. The number of carboxylic acids is 1. The van der Waals surface area contributed by atoms with E-state index in [0.717, 1.165) is 27.7 Å². The van der Waals surface area contributed by atoms with Crippen molar-refractivity contribution in [3.8, 4) is 0 Å². The Labute approximate surface area is 148 Å². The molecule has 0 bridgehead atoms. The zero-order valence-electron chi connectivity index (χ0n) is 14.6. The highest BCUT2D eigenvalue weighted by Crippen LogP contribution is 2.31. The quantitative estimate of drug-likeness (QED) is 0.473. The topological polar surface area (TPSA) is 152 Å². The first kappa shape index (κ1) is 21.4. The maximum Gasteiger partial charge on any atom is 0.306 e. The van der Waals surface area contributed by atoms with E-state index in [-0.39, 0.29) is 0 Å². The molecule has 1 N–H and O–H groups in total. The smallest absolute Gasteiger partial charge is 0.306 e. The lowest BCUT2D eigenvalue weighted by Crippen LogP contribution is -2.62. The fourth-order valence-corrected chi connectivity index (χ4v) is 2.45. The predicted octanol–water partition coefficient (Wildman–Crippen LogP) is -0.456. The fourth-order valence-electron chi connectivity index (χ4n) is 2.45. The maximum atomic E-state index is 11.5. The molecule has 1 heterocycles. The van der Waals surface area contributed by atoms with E-state index in [2.05, 4.69) is 0 Å². The van der Waals surface area contributed by atoms with Crippen LogP contribution in [0.25, 0.3) is 0 Å². The third-order valence-electron chi connectivity index (χ3n) is 3.16. The highest BCUT2D eigenvalue weighted by Gasteiger charge is 2.53. The Bertz CT molecular complexity index is 542. The van der Waals surface area contributed by atoms with Gasteiger partial charge in [0.2, 0.25) is 12.4 Å². The lowest BCUT2D eigenvalue weighted by molar-refractivity contribution is -0.296. The number of carboxylic acid groups (broad SMARTS) is 1. The Morgan fingerprint density at radius 2 is 1.15 bits per heavy atom. The highest BCUT2D eigenvalue weighted by molar-refractivity contribution is 5.70. The Morgan fingerprint density at radius 3 is 1.58 bits per heavy atom. The number of hydrogen-bond acceptors (Lipinski definition) is 10. The van der Waals surface area contributed by atoms with Crippen molar-refractivity contribution in [1.29, 1.82) is 0 Å². The number of hydrogen-bond donors (Lipinski definition) is 1. The number of rotatable bonds is 6. The van der Waals surface area contributed by atoms with E-state index in [1.807, 2.05) is 0 Å². The molecule has 1 aliphatic rings. The van der Waals surface area contributed by atoms with E-state index in [1.165, 1.54) is 0 Å². The Morgan fingerprint density at radius 1 is 0.731 bits per heavy atom. The van der Waals surface area contributed by atoms with Crippen LogP contribution >= 0.6 is 0 Å². The Kier molecular flexibility index (Phi) is 7.50. The second kappa shape index (κ2) is 9.13. The van der Waals surface area contributed by atoms with Crippen LogP contribution in [0.15, 0.2) is 0 Å². The van der Waals surface area contributed by atoms with Gasteiger partial charge in [-0.1, -0.05) is 0 Å². The third kappa shape index (κ3) is 6.31. The molecule has 1 aliphatic heterocycles. The summed E-state index contributed by atoms with van der Waals surface area (Å²) in [5, 5.41) is 9.04. The molecular formula is C15H20O11. The Hall–Kier alpha value is -2.69. The molecule has 0 amide bonds. The van der Waals surface area contributed by atoms with Crippen molar-refractivity contribution in [2.75, 3.05) is 0 Å². The largest absolute Gasteiger partial charge is 0.481 e. The molecule has 0 spiro atoms. The molecule has 11 heteroatoms. The average Bonchev–Trinajstić information content (AvgIpc) is 2.44. The van der Waals surface area contributed by atoms with Crippen molar-refractivity contribution in [2.45, 2.75) is 64.8 Å². The van der Waals surface area contributed by atoms with Crippen LogP contribution in [0.5, 0.6) is 0 Å². The summed E-state index contributed by atoms with van der Waals surface area (Å²) in [5.41, 5.74) is 0. The zero-order valence-corrected chi connectivity index (χ0v) is 14.6. The van der Waals surface area contributed by atoms with Gasteiger partial charge in [-0.25, -0.2) is 0 Å². The van der Waals surface area contributed by atoms with E-state index < -0.39 is 67.0 Å². The van der Waals surface area contributed by atoms with Crippen molar-refractivity contribution in [1.82, 2.24) is 0 Å². The van der Waals surface area contributed by atoms with Gasteiger partial charge in [0.25, 0.3) is 0 Å². The summed E-state index contributed by atoms with van der Waals surface area (Å²) < 4.78 is 25.5. The molecule has 5 unspecified atom stereocenters. The van der Waals surface area contributed by atoms with Gasteiger partial charge < -0.3 is 28.8 Å². The van der Waals surface area contributed by atoms with Crippen molar-refractivity contribution >= 4 is 29.8 Å². The lowest BCUT2D eigenvalue weighted by Gasteiger charge is -2.43. The van der Waals surface area contributed by atoms with E-state index in [0.29, 0.717) is 0 Å². The van der Waals surface area contributed by atoms with Crippen molar-refractivity contribution in [3.63, 3.8) is 0 Å². The maximum absolute atomic E-state index is 11.5. The van der Waals surface area contributed by atoms with Crippen LogP contribution in [0.3, 0.4) is 0 Å². The average molecular weight is 376 g/mol. The molecule has 26 heavy (non-hydrogen) atoms. The zero-order chi connectivity index (χ0) is 20.0. The van der Waals surface area contributed by atoms with Crippen LogP contribution in [0.1, 0.15) is 34.1 Å². The standard InChI is InChI=1S/C15H20O11/c1-6(16)22-12-10(5-11(20)21)26-15(25-9(4)19)14(24-8(3)18)13(12)23-7(2)17/h10,12-15H,5H2,1-4H3,(H,20,21). The predicted molar refractivity (Wildman–Crippen MR) is 79.3 cm³/mol. The number of aliphatic carboxylic acids is 1. The van der Waals surface area contributed by atoms with Gasteiger partial charge >= 0.3 is 29.8 Å². The minimum Gasteiger partial charge on any atom is -0.481 e. The molecule has 0 aromatic carbocycles. The molecule has 0 saturated carbocycles. The lowest BCUT2D eigenvalue weighted by atomic mass is 9.96. The van der Waals surface area contributed by atoms with Crippen LogP contribution in [-0.2, 0) is 47.7 Å². The van der Waals surface area contributed by atoms with Crippen molar-refractivity contribution in [3.05, 3.63) is 0 Å². The summed E-state index contributed by atoms with van der Waals surface area (Å²) >= 11 is 0. The van der Waals surface area contributed by atoms with Crippen LogP contribution in [-0.4, -0.2) is 65.7 Å². The highest BCUT2D eigenvalue weighted by atomic mass is 16.7. The number of esters is 4. The minimum absolute atomic E-state index is 0.653. The van der Waals surface area contributed by atoms with Crippen LogP contribution in [0, 0.1) is 0 Å². The molecule has 0 radical (unpaired) electrons. The summed E-state index contributed by atoms with van der Waals surface area (Å²) in [4.78, 5) is 56.7. The van der Waals surface area contributed by atoms with Gasteiger partial charge in [0.1, 0.15) is 6.10 Å². The second-order valence-corrected chi connectivity index (χ2v) is 5.47. The second-order valence-electron chi connectivity index (χ2n) is 5.47. The number of carbonyl (C=O) groups excluding carboxylic acids is 4. The summed E-state index contributed by atoms with van der Waals surface area (Å²) in [5.74, 6) is -4.55. The van der Waals surface area contributed by atoms with Gasteiger partial charge in [-0.3, -0.25) is 24.0 Å². The molecule has 1 rings (SSSR count). The SMILES string of the molecule is CC(=O)OC1OC(CC(=O)O)C(OC(C)=O)C(OC(C)=O)C1OC(C)=O. The van der Waals surface area contributed by atoms with Crippen LogP contribution in [0.4, 0.5) is 0 Å². The third-order valence-corrected chi connectivity index (χ3v) is 3.16. The van der Waals surface area contributed by atoms with Gasteiger partial charge in [-0.15, -0.1) is 0 Å². The van der Waals surface area contributed by atoms with Gasteiger partial charge in [0.05, 0.1) is 6.42 Å². The first-order valence-corrected chi connectivity index (χ1v) is 7.57. The van der Waals surface area contributed by atoms with Gasteiger partial charge in [-0.05, 0) is 0 Å². The molecule has 11 nitrogen and oxygen atoms in total. The fraction of sp³-hybridized carbons (Fsp3) is 0.667. The monoisotopic (exact) mass is 376 g/mol. The van der Waals surface area contributed by atoms with Crippen LogP contribution < -0.4 is 0 Å². The van der Waals surface area contributed by atoms with E-state index in [1.54, 1.807) is 0 Å². The van der Waals surface area contributed by atoms with Gasteiger partial charge in [0.15, 0.2) is 12.2 Å². The van der Waals surface area contributed by atoms with Crippen molar-refractivity contribution in [2.24, 2.45) is 0 Å². The van der Waals surface area contributed by atoms with Gasteiger partial charge in [-0.2, -0.15) is 0 Å². The van der Waals surface area contributed by atoms with E-state index in [4.69, 9.17) is 28.8 Å². The van der Waals surface area contributed by atoms with Crippen molar-refractivity contribution < 1.29 is 52.8 Å².